The molecule has 2 aliphatic rings. The van der Waals surface area contributed by atoms with Crippen molar-refractivity contribution in [1.29, 1.82) is 0 Å². The lowest BCUT2D eigenvalue weighted by molar-refractivity contribution is 0.122. The number of ether oxygens (including phenoxy) is 2. The molecule has 6 rings (SSSR count). The van der Waals surface area contributed by atoms with Gasteiger partial charge in [0.05, 0.1) is 31.5 Å². The largest absolute Gasteiger partial charge is 0.508 e. The molecule has 4 aromatic carbocycles. The van der Waals surface area contributed by atoms with Gasteiger partial charge < -0.3 is 29.5 Å². The molecule has 6 nitrogen and oxygen atoms in total. The Morgan fingerprint density at radius 1 is 0.629 bits per heavy atom. The number of benzene rings is 4. The maximum atomic E-state index is 9.94. The molecule has 0 spiro atoms. The zero-order valence-corrected chi connectivity index (χ0v) is 20.2. The molecule has 0 aromatic heterocycles. The van der Waals surface area contributed by atoms with E-state index in [0.29, 0.717) is 10.8 Å². The number of morpholine rings is 2. The maximum absolute atomic E-state index is 9.94. The number of phenols is 2. The van der Waals surface area contributed by atoms with Crippen molar-refractivity contribution in [3.05, 3.63) is 71.8 Å². The monoisotopic (exact) mass is 492 g/mol. The Morgan fingerprint density at radius 2 is 1.14 bits per heavy atom. The number of halogens is 1. The zero-order valence-electron chi connectivity index (χ0n) is 19.5. The number of fused-ring (bicyclic) bond motifs is 2. The topological polar surface area (TPSA) is 65.4 Å². The molecular formula is C28H29ClN2O4. The predicted molar refractivity (Wildman–Crippen MR) is 142 cm³/mol. The average molecular weight is 493 g/mol. The molecule has 0 unspecified atom stereocenters. The summed E-state index contributed by atoms with van der Waals surface area (Å²) in [6.07, 6.45) is 0. The summed E-state index contributed by atoms with van der Waals surface area (Å²) in [5, 5.41) is 24.4. The van der Waals surface area contributed by atoms with Gasteiger partial charge in [-0.3, -0.25) is 0 Å². The first-order chi connectivity index (χ1) is 17.1. The third kappa shape index (κ3) is 5.10. The number of rotatable bonds is 2. The number of phenolic OH excluding ortho intramolecular Hbond substituents is 2. The maximum Gasteiger partial charge on any atom is 0.136 e. The van der Waals surface area contributed by atoms with Crippen molar-refractivity contribution in [3.8, 4) is 11.5 Å². The molecule has 0 saturated carbocycles. The average Bonchev–Trinajstić information content (AvgIpc) is 2.91. The van der Waals surface area contributed by atoms with Crippen LogP contribution < -0.4 is 9.80 Å². The Kier molecular flexibility index (Phi) is 7.13. The summed E-state index contributed by atoms with van der Waals surface area (Å²) in [5.74, 6) is 0.460. The number of hydrogen-bond acceptors (Lipinski definition) is 6. The highest BCUT2D eigenvalue weighted by Crippen LogP contribution is 2.39. The Hall–Kier alpha value is -3.19. The third-order valence-corrected chi connectivity index (χ3v) is 6.86. The van der Waals surface area contributed by atoms with E-state index in [1.807, 2.05) is 48.5 Å². The van der Waals surface area contributed by atoms with Gasteiger partial charge in [-0.25, -0.2) is 0 Å². The summed E-state index contributed by atoms with van der Waals surface area (Å²) in [5.41, 5.74) is 2.12. The molecule has 0 amide bonds. The van der Waals surface area contributed by atoms with Crippen LogP contribution in [0, 0.1) is 0 Å². The molecule has 35 heavy (non-hydrogen) atoms. The van der Waals surface area contributed by atoms with Gasteiger partial charge in [0, 0.05) is 65.8 Å². The molecule has 2 saturated heterocycles. The summed E-state index contributed by atoms with van der Waals surface area (Å²) in [6.45, 7) is 6.39. The van der Waals surface area contributed by atoms with E-state index in [4.69, 9.17) is 21.1 Å². The van der Waals surface area contributed by atoms with Crippen LogP contribution in [0.3, 0.4) is 0 Å². The molecule has 2 N–H and O–H groups in total. The van der Waals surface area contributed by atoms with E-state index in [9.17, 15) is 10.2 Å². The molecule has 4 aromatic rings. The smallest absolute Gasteiger partial charge is 0.136 e. The lowest BCUT2D eigenvalue weighted by atomic mass is 10.1. The summed E-state index contributed by atoms with van der Waals surface area (Å²) in [7, 11) is 0. The van der Waals surface area contributed by atoms with Crippen molar-refractivity contribution in [2.24, 2.45) is 0 Å². The van der Waals surface area contributed by atoms with E-state index < -0.39 is 0 Å². The number of nitrogens with zero attached hydrogens (tertiary/aromatic N) is 2. The van der Waals surface area contributed by atoms with Gasteiger partial charge in [0.15, 0.2) is 0 Å². The van der Waals surface area contributed by atoms with E-state index in [0.717, 1.165) is 80.1 Å². The van der Waals surface area contributed by atoms with Crippen LogP contribution in [-0.4, -0.2) is 62.8 Å². The molecular weight excluding hydrogens is 464 g/mol. The fourth-order valence-corrected chi connectivity index (χ4v) is 4.93. The second-order valence-corrected chi connectivity index (χ2v) is 9.04. The van der Waals surface area contributed by atoms with E-state index >= 15 is 0 Å². The lowest BCUT2D eigenvalue weighted by Crippen LogP contribution is -2.36. The normalized spacial score (nSPS) is 16.3. The quantitative estimate of drug-likeness (QED) is 0.389. The molecule has 0 radical (unpaired) electrons. The summed E-state index contributed by atoms with van der Waals surface area (Å²) in [6, 6.07) is 21.4. The standard InChI is InChI=1S/C14H14ClNO2.C14H15NO2/c15-14-11-4-2-1-3-10(11)12(9-13(14)17)16-5-7-18-8-6-16;16-12-9-11-3-1-2-4-13(11)14(10-12)15-5-7-17-8-6-15/h1-4,9,17H,5-8H2;1-4,9-10,16H,5-8H2. The van der Waals surface area contributed by atoms with Crippen LogP contribution in [0.15, 0.2) is 66.7 Å². The van der Waals surface area contributed by atoms with E-state index in [1.54, 1.807) is 12.1 Å². The third-order valence-electron chi connectivity index (χ3n) is 6.47. The first-order valence-electron chi connectivity index (χ1n) is 11.9. The molecule has 182 valence electrons. The minimum atomic E-state index is 0.136. The van der Waals surface area contributed by atoms with Crippen LogP contribution in [0.1, 0.15) is 0 Å². The Balaban J connectivity index is 0.000000145. The van der Waals surface area contributed by atoms with Gasteiger partial charge in [0.1, 0.15) is 11.5 Å². The van der Waals surface area contributed by atoms with Gasteiger partial charge in [-0.05, 0) is 11.5 Å². The van der Waals surface area contributed by atoms with Gasteiger partial charge in [0.25, 0.3) is 0 Å². The molecule has 7 heteroatoms. The second kappa shape index (κ2) is 10.6. The predicted octanol–water partition coefficient (Wildman–Crippen LogP) is 5.42. The highest BCUT2D eigenvalue weighted by atomic mass is 35.5. The van der Waals surface area contributed by atoms with Crippen LogP contribution in [0.2, 0.25) is 5.02 Å². The summed E-state index contributed by atoms with van der Waals surface area (Å²) >= 11 is 6.14. The fourth-order valence-electron chi connectivity index (χ4n) is 4.71. The molecule has 2 aliphatic heterocycles. The minimum Gasteiger partial charge on any atom is -0.508 e. The SMILES string of the molecule is Oc1cc(N2CCOCC2)c2ccccc2c1.Oc1cc(N2CCOCC2)c2ccccc2c1Cl. The molecule has 2 heterocycles. The van der Waals surface area contributed by atoms with Crippen molar-refractivity contribution in [1.82, 2.24) is 0 Å². The Bertz CT molecular complexity index is 1320. The van der Waals surface area contributed by atoms with E-state index in [-0.39, 0.29) is 5.75 Å². The van der Waals surface area contributed by atoms with Gasteiger partial charge in [-0.15, -0.1) is 0 Å². The summed E-state index contributed by atoms with van der Waals surface area (Å²) < 4.78 is 10.7. The Labute approximate surface area is 209 Å². The summed E-state index contributed by atoms with van der Waals surface area (Å²) in [4.78, 5) is 4.49. The van der Waals surface area contributed by atoms with E-state index in [2.05, 4.69) is 15.9 Å². The van der Waals surface area contributed by atoms with Gasteiger partial charge in [-0.2, -0.15) is 0 Å². The van der Waals surface area contributed by atoms with Gasteiger partial charge in [0.2, 0.25) is 0 Å². The Morgan fingerprint density at radius 3 is 1.77 bits per heavy atom. The van der Waals surface area contributed by atoms with Crippen molar-refractivity contribution >= 4 is 44.5 Å². The van der Waals surface area contributed by atoms with Crippen molar-refractivity contribution < 1.29 is 19.7 Å². The zero-order chi connectivity index (χ0) is 24.2. The number of anilines is 2. The first kappa shape index (κ1) is 23.5. The van der Waals surface area contributed by atoms with E-state index in [1.165, 1.54) is 5.39 Å². The van der Waals surface area contributed by atoms with Crippen LogP contribution in [0.4, 0.5) is 11.4 Å². The minimum absolute atomic E-state index is 0.136. The fraction of sp³-hybridized carbons (Fsp3) is 0.286. The number of hydrogen-bond donors (Lipinski definition) is 2. The van der Waals surface area contributed by atoms with Crippen molar-refractivity contribution in [3.63, 3.8) is 0 Å². The number of aromatic hydroxyl groups is 2. The van der Waals surface area contributed by atoms with Gasteiger partial charge >= 0.3 is 0 Å². The highest BCUT2D eigenvalue weighted by molar-refractivity contribution is 6.37. The highest BCUT2D eigenvalue weighted by Gasteiger charge is 2.17. The molecule has 0 bridgehead atoms. The molecule has 0 aliphatic carbocycles. The van der Waals surface area contributed by atoms with Crippen LogP contribution in [-0.2, 0) is 9.47 Å². The second-order valence-electron chi connectivity index (χ2n) is 8.66. The molecule has 0 atom stereocenters. The van der Waals surface area contributed by atoms with Crippen LogP contribution >= 0.6 is 11.6 Å². The van der Waals surface area contributed by atoms with Gasteiger partial charge in [-0.1, -0.05) is 60.1 Å². The van der Waals surface area contributed by atoms with Crippen molar-refractivity contribution in [2.75, 3.05) is 62.4 Å². The van der Waals surface area contributed by atoms with Crippen molar-refractivity contribution in [2.45, 2.75) is 0 Å². The lowest BCUT2D eigenvalue weighted by Gasteiger charge is -2.30. The first-order valence-corrected chi connectivity index (χ1v) is 12.3. The molecule has 2 fully saturated rings. The van der Waals surface area contributed by atoms with Crippen LogP contribution in [0.5, 0.6) is 11.5 Å². The van der Waals surface area contributed by atoms with Crippen LogP contribution in [0.25, 0.3) is 21.5 Å².